The summed E-state index contributed by atoms with van der Waals surface area (Å²) >= 11 is 0. The van der Waals surface area contributed by atoms with E-state index in [9.17, 15) is 19.8 Å². The van der Waals surface area contributed by atoms with E-state index in [1.807, 2.05) is 6.08 Å². The molecule has 0 aliphatic carbocycles. The van der Waals surface area contributed by atoms with Gasteiger partial charge in [-0.25, -0.2) is 0 Å². The van der Waals surface area contributed by atoms with E-state index in [4.69, 9.17) is 4.74 Å². The smallest absolute Gasteiger partial charge is 0.305 e. The number of hydrogen-bond donors (Lipinski definition) is 3. The molecule has 2 atom stereocenters. The molecule has 0 heterocycles. The third-order valence-corrected chi connectivity index (χ3v) is 10.6. The predicted molar refractivity (Wildman–Crippen MR) is 236 cm³/mol. The SMILES string of the molecule is CCCC/C=C\CCCCCCCC(=O)OCCCCC/C=C\CCCCCCCC(=O)NC(CO)C(O)/C=C/CCCCCCCCCCCCCCC. The molecular weight excluding hydrogens is 683 g/mol. The van der Waals surface area contributed by atoms with Gasteiger partial charge in [0, 0.05) is 12.8 Å². The summed E-state index contributed by atoms with van der Waals surface area (Å²) in [5, 5.41) is 23.0. The zero-order chi connectivity index (χ0) is 40.1. The molecule has 0 fully saturated rings. The summed E-state index contributed by atoms with van der Waals surface area (Å²) in [7, 11) is 0. The topological polar surface area (TPSA) is 95.9 Å². The van der Waals surface area contributed by atoms with Crippen LogP contribution < -0.4 is 5.32 Å². The van der Waals surface area contributed by atoms with Gasteiger partial charge in [0.1, 0.15) is 0 Å². The molecule has 0 bridgehead atoms. The Morgan fingerprint density at radius 1 is 0.491 bits per heavy atom. The van der Waals surface area contributed by atoms with Gasteiger partial charge < -0.3 is 20.3 Å². The second-order valence-corrected chi connectivity index (χ2v) is 16.1. The van der Waals surface area contributed by atoms with Crippen LogP contribution >= 0.6 is 0 Å². The molecule has 0 spiro atoms. The van der Waals surface area contributed by atoms with E-state index in [0.717, 1.165) is 83.5 Å². The molecule has 6 nitrogen and oxygen atoms in total. The predicted octanol–water partition coefficient (Wildman–Crippen LogP) is 13.7. The van der Waals surface area contributed by atoms with E-state index in [0.29, 0.717) is 19.4 Å². The number of esters is 1. The number of aliphatic hydroxyl groups is 2. The minimum Gasteiger partial charge on any atom is -0.466 e. The molecule has 2 unspecified atom stereocenters. The van der Waals surface area contributed by atoms with Crippen LogP contribution in [0.5, 0.6) is 0 Å². The molecule has 0 aromatic carbocycles. The molecule has 0 saturated carbocycles. The van der Waals surface area contributed by atoms with Crippen molar-refractivity contribution >= 4 is 11.9 Å². The number of nitrogens with one attached hydrogen (secondary N) is 1. The Hall–Kier alpha value is -1.92. The molecule has 0 aliphatic rings. The molecule has 0 rings (SSSR count). The summed E-state index contributed by atoms with van der Waals surface area (Å²) in [6, 6.07) is -0.646. The van der Waals surface area contributed by atoms with Gasteiger partial charge in [-0.1, -0.05) is 179 Å². The lowest BCUT2D eigenvalue weighted by atomic mass is 10.0. The van der Waals surface area contributed by atoms with Gasteiger partial charge in [0.05, 0.1) is 25.4 Å². The molecule has 55 heavy (non-hydrogen) atoms. The van der Waals surface area contributed by atoms with Crippen LogP contribution in [-0.4, -0.2) is 47.4 Å². The van der Waals surface area contributed by atoms with Gasteiger partial charge in [0.2, 0.25) is 5.91 Å². The maximum atomic E-state index is 12.4. The van der Waals surface area contributed by atoms with Crippen LogP contribution in [0.4, 0.5) is 0 Å². The van der Waals surface area contributed by atoms with Gasteiger partial charge >= 0.3 is 5.97 Å². The van der Waals surface area contributed by atoms with Crippen molar-refractivity contribution in [1.82, 2.24) is 5.32 Å². The van der Waals surface area contributed by atoms with Crippen molar-refractivity contribution < 1.29 is 24.5 Å². The van der Waals surface area contributed by atoms with Crippen LogP contribution in [0.15, 0.2) is 36.5 Å². The maximum Gasteiger partial charge on any atom is 0.305 e. The quantitative estimate of drug-likeness (QED) is 0.0326. The Labute approximate surface area is 341 Å². The summed E-state index contributed by atoms with van der Waals surface area (Å²) in [5.74, 6) is -0.132. The van der Waals surface area contributed by atoms with Crippen LogP contribution in [0.3, 0.4) is 0 Å². The van der Waals surface area contributed by atoms with E-state index in [2.05, 4.69) is 43.5 Å². The molecular formula is C49H91NO5. The third kappa shape index (κ3) is 41.5. The van der Waals surface area contributed by atoms with Gasteiger partial charge in [-0.2, -0.15) is 0 Å². The van der Waals surface area contributed by atoms with Crippen LogP contribution in [-0.2, 0) is 14.3 Å². The lowest BCUT2D eigenvalue weighted by molar-refractivity contribution is -0.143. The average molecular weight is 774 g/mol. The highest BCUT2D eigenvalue weighted by atomic mass is 16.5. The van der Waals surface area contributed by atoms with Crippen LogP contribution in [0, 0.1) is 0 Å². The number of amides is 1. The molecule has 1 amide bonds. The Balaban J connectivity index is 3.58. The first-order valence-corrected chi connectivity index (χ1v) is 23.8. The van der Waals surface area contributed by atoms with Crippen molar-refractivity contribution in [3.8, 4) is 0 Å². The molecule has 0 aliphatic heterocycles. The largest absolute Gasteiger partial charge is 0.466 e. The summed E-state index contributed by atoms with van der Waals surface area (Å²) < 4.78 is 5.41. The molecule has 6 heteroatoms. The molecule has 0 aromatic rings. The lowest BCUT2D eigenvalue weighted by Crippen LogP contribution is -2.45. The van der Waals surface area contributed by atoms with Crippen molar-refractivity contribution in [3.63, 3.8) is 0 Å². The first-order chi connectivity index (χ1) is 27.0. The van der Waals surface area contributed by atoms with Crippen LogP contribution in [0.1, 0.15) is 239 Å². The van der Waals surface area contributed by atoms with Crippen LogP contribution in [0.25, 0.3) is 0 Å². The maximum absolute atomic E-state index is 12.4. The number of carbonyl (C=O) groups is 2. The van der Waals surface area contributed by atoms with Gasteiger partial charge in [0.15, 0.2) is 0 Å². The molecule has 0 radical (unpaired) electrons. The summed E-state index contributed by atoms with van der Waals surface area (Å²) in [5.41, 5.74) is 0. The lowest BCUT2D eigenvalue weighted by Gasteiger charge is -2.20. The highest BCUT2D eigenvalue weighted by molar-refractivity contribution is 5.76. The molecule has 0 aromatic heterocycles. The third-order valence-electron chi connectivity index (χ3n) is 10.6. The summed E-state index contributed by atoms with van der Waals surface area (Å²) in [6.07, 6.45) is 52.7. The zero-order valence-electron chi connectivity index (χ0n) is 36.4. The standard InChI is InChI=1S/C49H91NO5/c1-3-5-7-9-11-13-15-16-17-18-22-25-29-33-37-41-47(52)46(45-51)50-48(53)42-38-34-30-26-23-19-20-24-28-32-36-40-44-55-49(54)43-39-35-31-27-21-14-12-10-8-6-4-2/h10,12,20,24,37,41,46-47,51-52H,3-9,11,13-19,21-23,25-36,38-40,42-45H2,1-2H3,(H,50,53)/b12-10-,24-20-,41-37+. The fraction of sp³-hybridized carbons (Fsp3) is 0.837. The number of ether oxygens (including phenoxy) is 1. The fourth-order valence-corrected chi connectivity index (χ4v) is 6.90. The fourth-order valence-electron chi connectivity index (χ4n) is 6.90. The van der Waals surface area contributed by atoms with Gasteiger partial charge in [0.25, 0.3) is 0 Å². The monoisotopic (exact) mass is 774 g/mol. The van der Waals surface area contributed by atoms with E-state index in [1.54, 1.807) is 6.08 Å². The number of unbranched alkanes of at least 4 members (excludes halogenated alkanes) is 28. The normalized spacial score (nSPS) is 13.0. The number of hydrogen-bond acceptors (Lipinski definition) is 5. The van der Waals surface area contributed by atoms with Crippen LogP contribution in [0.2, 0.25) is 0 Å². The van der Waals surface area contributed by atoms with E-state index >= 15 is 0 Å². The number of aliphatic hydroxyl groups excluding tert-OH is 2. The Morgan fingerprint density at radius 3 is 1.35 bits per heavy atom. The molecule has 322 valence electrons. The Bertz CT molecular complexity index is 900. The zero-order valence-corrected chi connectivity index (χ0v) is 36.4. The Kier molecular flexibility index (Phi) is 43.2. The first kappa shape index (κ1) is 53.1. The highest BCUT2D eigenvalue weighted by Gasteiger charge is 2.18. The highest BCUT2D eigenvalue weighted by Crippen LogP contribution is 2.14. The van der Waals surface area contributed by atoms with Crippen molar-refractivity contribution in [1.29, 1.82) is 0 Å². The van der Waals surface area contributed by atoms with E-state index in [-0.39, 0.29) is 18.5 Å². The van der Waals surface area contributed by atoms with Crippen molar-refractivity contribution in [3.05, 3.63) is 36.5 Å². The van der Waals surface area contributed by atoms with Crippen molar-refractivity contribution in [2.45, 2.75) is 251 Å². The van der Waals surface area contributed by atoms with Crippen molar-refractivity contribution in [2.24, 2.45) is 0 Å². The number of carbonyl (C=O) groups excluding carboxylic acids is 2. The van der Waals surface area contributed by atoms with E-state index < -0.39 is 12.1 Å². The number of allylic oxidation sites excluding steroid dienone is 5. The molecule has 0 saturated heterocycles. The second kappa shape index (κ2) is 44.8. The Morgan fingerprint density at radius 2 is 0.873 bits per heavy atom. The van der Waals surface area contributed by atoms with E-state index in [1.165, 1.54) is 128 Å². The van der Waals surface area contributed by atoms with Gasteiger partial charge in [-0.3, -0.25) is 9.59 Å². The average Bonchev–Trinajstić information content (AvgIpc) is 3.18. The van der Waals surface area contributed by atoms with Crippen molar-refractivity contribution in [2.75, 3.05) is 13.2 Å². The minimum absolute atomic E-state index is 0.0363. The first-order valence-electron chi connectivity index (χ1n) is 23.8. The summed E-state index contributed by atoms with van der Waals surface area (Å²) in [6.45, 7) is 4.79. The van der Waals surface area contributed by atoms with Gasteiger partial charge in [-0.15, -0.1) is 0 Å². The van der Waals surface area contributed by atoms with Gasteiger partial charge in [-0.05, 0) is 83.5 Å². The number of rotatable bonds is 43. The molecule has 3 N–H and O–H groups in total. The second-order valence-electron chi connectivity index (χ2n) is 16.1. The summed E-state index contributed by atoms with van der Waals surface area (Å²) in [4.78, 5) is 24.3. The minimum atomic E-state index is -0.860.